The first-order chi connectivity index (χ1) is 8.38. The van der Waals surface area contributed by atoms with Crippen molar-refractivity contribution in [3.63, 3.8) is 0 Å². The highest BCUT2D eigenvalue weighted by Crippen LogP contribution is 2.16. The van der Waals surface area contributed by atoms with Gasteiger partial charge in [-0.1, -0.05) is 18.2 Å². The molecule has 0 atom stereocenters. The Hall–Kier alpha value is -2.67. The maximum atomic E-state index is 8.85. The van der Waals surface area contributed by atoms with Crippen LogP contribution in [0.15, 0.2) is 48.8 Å². The van der Waals surface area contributed by atoms with Gasteiger partial charge in [-0.15, -0.1) is 0 Å². The van der Waals surface area contributed by atoms with Crippen LogP contribution in [0.1, 0.15) is 5.69 Å². The summed E-state index contributed by atoms with van der Waals surface area (Å²) in [6.45, 7) is 0. The maximum Gasteiger partial charge on any atom is 0.165 e. The van der Waals surface area contributed by atoms with Gasteiger partial charge in [-0.25, -0.2) is 9.97 Å². The van der Waals surface area contributed by atoms with Gasteiger partial charge in [-0.3, -0.25) is 4.57 Å². The van der Waals surface area contributed by atoms with Crippen molar-refractivity contribution < 1.29 is 0 Å². The van der Waals surface area contributed by atoms with Gasteiger partial charge >= 0.3 is 0 Å². The first kappa shape index (κ1) is 9.55. The molecule has 0 fully saturated rings. The molecule has 17 heavy (non-hydrogen) atoms. The molecule has 80 valence electrons. The summed E-state index contributed by atoms with van der Waals surface area (Å²) in [6, 6.07) is 15.3. The molecule has 0 bridgehead atoms. The van der Waals surface area contributed by atoms with Crippen molar-refractivity contribution in [2.75, 3.05) is 0 Å². The van der Waals surface area contributed by atoms with Gasteiger partial charge in [0, 0.05) is 5.69 Å². The third kappa shape index (κ3) is 1.54. The van der Waals surface area contributed by atoms with Crippen LogP contribution in [0, 0.1) is 11.3 Å². The molecule has 0 aliphatic carbocycles. The topological polar surface area (TPSA) is 54.5 Å². The van der Waals surface area contributed by atoms with Crippen molar-refractivity contribution in [1.82, 2.24) is 14.5 Å². The summed E-state index contributed by atoms with van der Waals surface area (Å²) in [4.78, 5) is 8.53. The van der Waals surface area contributed by atoms with Gasteiger partial charge in [-0.05, 0) is 24.3 Å². The van der Waals surface area contributed by atoms with Crippen LogP contribution in [0.2, 0.25) is 0 Å². The van der Waals surface area contributed by atoms with E-state index in [4.69, 9.17) is 5.26 Å². The lowest BCUT2D eigenvalue weighted by Crippen LogP contribution is -1.94. The Morgan fingerprint density at radius 2 is 1.88 bits per heavy atom. The van der Waals surface area contributed by atoms with E-state index in [-0.39, 0.29) is 0 Å². The number of benzene rings is 1. The Balaban J connectivity index is 2.28. The van der Waals surface area contributed by atoms with E-state index < -0.39 is 0 Å². The first-order valence-corrected chi connectivity index (χ1v) is 5.18. The molecule has 3 rings (SSSR count). The van der Waals surface area contributed by atoms with Crippen molar-refractivity contribution >= 4 is 11.2 Å². The maximum absolute atomic E-state index is 8.85. The van der Waals surface area contributed by atoms with Gasteiger partial charge in [-0.2, -0.15) is 5.26 Å². The summed E-state index contributed by atoms with van der Waals surface area (Å²) in [5.74, 6) is 0. The second kappa shape index (κ2) is 3.72. The summed E-state index contributed by atoms with van der Waals surface area (Å²) >= 11 is 0. The predicted octanol–water partition coefficient (Wildman–Crippen LogP) is 2.29. The molecule has 0 N–H and O–H groups in total. The minimum Gasteiger partial charge on any atom is -0.283 e. The van der Waals surface area contributed by atoms with E-state index >= 15 is 0 Å². The lowest BCUT2D eigenvalue weighted by Gasteiger charge is -2.02. The average molecular weight is 220 g/mol. The van der Waals surface area contributed by atoms with E-state index in [1.807, 2.05) is 41.0 Å². The quantitative estimate of drug-likeness (QED) is 0.632. The number of fused-ring (bicyclic) bond motifs is 1. The Kier molecular flexibility index (Phi) is 2.09. The van der Waals surface area contributed by atoms with E-state index in [1.54, 1.807) is 18.5 Å². The molecule has 0 saturated carbocycles. The predicted molar refractivity (Wildman–Crippen MR) is 63.6 cm³/mol. The fraction of sp³-hybridized carbons (Fsp3) is 0. The SMILES string of the molecule is N#Cc1ccc2ncn(-c3ccccc3)c2n1. The number of hydrogen-bond donors (Lipinski definition) is 0. The van der Waals surface area contributed by atoms with E-state index in [2.05, 4.69) is 9.97 Å². The molecule has 1 aromatic carbocycles. The number of para-hydroxylation sites is 1. The zero-order chi connectivity index (χ0) is 11.7. The number of aromatic nitrogens is 3. The van der Waals surface area contributed by atoms with E-state index in [1.165, 1.54) is 0 Å². The molecule has 0 saturated heterocycles. The highest BCUT2D eigenvalue weighted by atomic mass is 15.1. The van der Waals surface area contributed by atoms with Crippen LogP contribution in [-0.4, -0.2) is 14.5 Å². The Morgan fingerprint density at radius 1 is 1.06 bits per heavy atom. The van der Waals surface area contributed by atoms with E-state index in [0.717, 1.165) is 11.2 Å². The molecule has 0 unspecified atom stereocenters. The summed E-state index contributed by atoms with van der Waals surface area (Å²) in [6.07, 6.45) is 1.72. The van der Waals surface area contributed by atoms with Gasteiger partial charge in [0.15, 0.2) is 5.65 Å². The molecule has 0 aliphatic heterocycles. The summed E-state index contributed by atoms with van der Waals surface area (Å²) in [5, 5.41) is 8.85. The zero-order valence-electron chi connectivity index (χ0n) is 8.91. The second-order valence-electron chi connectivity index (χ2n) is 3.60. The van der Waals surface area contributed by atoms with Crippen LogP contribution in [0.25, 0.3) is 16.9 Å². The molecule has 0 aliphatic rings. The van der Waals surface area contributed by atoms with Crippen molar-refractivity contribution in [2.45, 2.75) is 0 Å². The Labute approximate surface area is 97.8 Å². The molecular formula is C13H8N4. The lowest BCUT2D eigenvalue weighted by atomic mass is 10.3. The number of nitrogens with zero attached hydrogens (tertiary/aromatic N) is 4. The molecule has 4 heteroatoms. The molecule has 0 amide bonds. The molecule has 2 heterocycles. The number of rotatable bonds is 1. The molecule has 2 aromatic heterocycles. The number of imidazole rings is 1. The molecular weight excluding hydrogens is 212 g/mol. The average Bonchev–Trinajstić information content (AvgIpc) is 2.82. The molecule has 0 radical (unpaired) electrons. The fourth-order valence-electron chi connectivity index (χ4n) is 1.73. The van der Waals surface area contributed by atoms with Crippen molar-refractivity contribution in [1.29, 1.82) is 5.26 Å². The summed E-state index contributed by atoms with van der Waals surface area (Å²) in [7, 11) is 0. The first-order valence-electron chi connectivity index (χ1n) is 5.18. The van der Waals surface area contributed by atoms with Crippen LogP contribution in [0.4, 0.5) is 0 Å². The minimum absolute atomic E-state index is 0.398. The van der Waals surface area contributed by atoms with Crippen LogP contribution in [0.3, 0.4) is 0 Å². The van der Waals surface area contributed by atoms with Crippen molar-refractivity contribution in [2.24, 2.45) is 0 Å². The Morgan fingerprint density at radius 3 is 2.65 bits per heavy atom. The normalized spacial score (nSPS) is 10.3. The minimum atomic E-state index is 0.398. The standard InChI is InChI=1S/C13H8N4/c14-8-10-6-7-12-13(16-10)17(9-15-12)11-4-2-1-3-5-11/h1-7,9H. The second-order valence-corrected chi connectivity index (χ2v) is 3.60. The van der Waals surface area contributed by atoms with Crippen LogP contribution < -0.4 is 0 Å². The van der Waals surface area contributed by atoms with Gasteiger partial charge in [0.05, 0.1) is 0 Å². The van der Waals surface area contributed by atoms with Crippen LogP contribution in [-0.2, 0) is 0 Å². The fourth-order valence-corrected chi connectivity index (χ4v) is 1.73. The lowest BCUT2D eigenvalue weighted by molar-refractivity contribution is 1.06. The highest BCUT2D eigenvalue weighted by molar-refractivity contribution is 5.73. The summed E-state index contributed by atoms with van der Waals surface area (Å²) in [5.41, 5.74) is 2.87. The van der Waals surface area contributed by atoms with Gasteiger partial charge in [0.1, 0.15) is 23.6 Å². The largest absolute Gasteiger partial charge is 0.283 e. The summed E-state index contributed by atoms with van der Waals surface area (Å²) < 4.78 is 1.87. The van der Waals surface area contributed by atoms with Crippen LogP contribution in [0.5, 0.6) is 0 Å². The molecule has 3 aromatic rings. The zero-order valence-corrected chi connectivity index (χ0v) is 8.91. The highest BCUT2D eigenvalue weighted by Gasteiger charge is 2.06. The van der Waals surface area contributed by atoms with E-state index in [9.17, 15) is 0 Å². The molecule has 4 nitrogen and oxygen atoms in total. The van der Waals surface area contributed by atoms with Crippen LogP contribution >= 0.6 is 0 Å². The van der Waals surface area contributed by atoms with E-state index in [0.29, 0.717) is 11.3 Å². The molecule has 0 spiro atoms. The van der Waals surface area contributed by atoms with Crippen molar-refractivity contribution in [3.05, 3.63) is 54.5 Å². The van der Waals surface area contributed by atoms with Crippen molar-refractivity contribution in [3.8, 4) is 11.8 Å². The number of nitriles is 1. The van der Waals surface area contributed by atoms with Gasteiger partial charge in [0.2, 0.25) is 0 Å². The number of hydrogen-bond acceptors (Lipinski definition) is 3. The van der Waals surface area contributed by atoms with Gasteiger partial charge in [0.25, 0.3) is 0 Å². The smallest absolute Gasteiger partial charge is 0.165 e. The third-order valence-corrected chi connectivity index (χ3v) is 2.54. The monoisotopic (exact) mass is 220 g/mol. The van der Waals surface area contributed by atoms with Gasteiger partial charge < -0.3 is 0 Å². The number of pyridine rings is 1. The third-order valence-electron chi connectivity index (χ3n) is 2.54. The Bertz CT molecular complexity index is 707.